The average Bonchev–Trinajstić information content (AvgIpc) is 2.86. The molecule has 0 aliphatic carbocycles. The fourth-order valence-electron chi connectivity index (χ4n) is 1.47. The average molecular weight is 299 g/mol. The molecule has 0 aromatic carbocycles. The van der Waals surface area contributed by atoms with Gasteiger partial charge in [-0.2, -0.15) is 11.8 Å². The predicted octanol–water partition coefficient (Wildman–Crippen LogP) is 0.490. The Morgan fingerprint density at radius 2 is 2.47 bits per heavy atom. The topological polar surface area (TPSA) is 86.7 Å². The third kappa shape index (κ3) is 3.34. The van der Waals surface area contributed by atoms with Gasteiger partial charge in [0, 0.05) is 29.1 Å². The summed E-state index contributed by atoms with van der Waals surface area (Å²) in [5.41, 5.74) is 6.21. The van der Waals surface area contributed by atoms with Crippen molar-refractivity contribution in [3.05, 3.63) is 33.7 Å². The zero-order chi connectivity index (χ0) is 13.8. The molecule has 1 atom stereocenters. The van der Waals surface area contributed by atoms with Crippen LogP contribution in [0.25, 0.3) is 4.96 Å². The van der Waals surface area contributed by atoms with Gasteiger partial charge in [-0.1, -0.05) is 0 Å². The lowest BCUT2D eigenvalue weighted by Gasteiger charge is -2.08. The predicted molar refractivity (Wildman–Crippen MR) is 75.5 cm³/mol. The molecule has 2 N–H and O–H groups in total. The van der Waals surface area contributed by atoms with Crippen LogP contribution in [0, 0.1) is 0 Å². The number of thioether (sulfide) groups is 1. The van der Waals surface area contributed by atoms with E-state index in [9.17, 15) is 9.59 Å². The van der Waals surface area contributed by atoms with Gasteiger partial charge >= 0.3 is 5.97 Å². The number of nitrogens with zero attached hydrogens (tertiary/aromatic N) is 2. The van der Waals surface area contributed by atoms with Crippen LogP contribution in [-0.4, -0.2) is 34.3 Å². The highest BCUT2D eigenvalue weighted by molar-refractivity contribution is 7.98. The maximum absolute atomic E-state index is 11.7. The molecule has 0 saturated carbocycles. The van der Waals surface area contributed by atoms with E-state index in [4.69, 9.17) is 5.73 Å². The monoisotopic (exact) mass is 299 g/mol. The van der Waals surface area contributed by atoms with Gasteiger partial charge in [0.2, 0.25) is 0 Å². The van der Waals surface area contributed by atoms with Crippen molar-refractivity contribution in [3.63, 3.8) is 0 Å². The highest BCUT2D eigenvalue weighted by Gasteiger charge is 2.13. The minimum atomic E-state index is -0.651. The number of rotatable bonds is 5. The maximum atomic E-state index is 11.7. The summed E-state index contributed by atoms with van der Waals surface area (Å²) >= 11 is 2.85. The Balaban J connectivity index is 1.98. The van der Waals surface area contributed by atoms with Crippen molar-refractivity contribution in [1.29, 1.82) is 0 Å². The summed E-state index contributed by atoms with van der Waals surface area (Å²) < 4.78 is 6.04. The molecule has 19 heavy (non-hydrogen) atoms. The molecule has 0 spiro atoms. The number of ether oxygens (including phenoxy) is 1. The number of methoxy groups -OCH3 is 1. The van der Waals surface area contributed by atoms with Crippen LogP contribution in [0.5, 0.6) is 0 Å². The molecule has 0 saturated heterocycles. The second kappa shape index (κ2) is 6.18. The van der Waals surface area contributed by atoms with E-state index in [1.54, 1.807) is 6.20 Å². The van der Waals surface area contributed by atoms with Gasteiger partial charge in [-0.3, -0.25) is 14.0 Å². The lowest BCUT2D eigenvalue weighted by Crippen LogP contribution is -2.33. The van der Waals surface area contributed by atoms with Crippen LogP contribution < -0.4 is 11.3 Å². The minimum Gasteiger partial charge on any atom is -0.468 e. The van der Waals surface area contributed by atoms with E-state index >= 15 is 0 Å². The molecule has 102 valence electrons. The molecule has 0 amide bonds. The maximum Gasteiger partial charge on any atom is 0.323 e. The van der Waals surface area contributed by atoms with Gasteiger partial charge < -0.3 is 10.5 Å². The van der Waals surface area contributed by atoms with E-state index in [-0.39, 0.29) is 5.56 Å². The zero-order valence-corrected chi connectivity index (χ0v) is 11.9. The van der Waals surface area contributed by atoms with E-state index in [0.717, 1.165) is 0 Å². The number of thiazole rings is 1. The lowest BCUT2D eigenvalue weighted by atomic mass is 10.4. The highest BCUT2D eigenvalue weighted by Crippen LogP contribution is 2.13. The molecule has 2 aromatic rings. The standard InChI is InChI=1S/C11H13N3O3S2/c1-17-10(16)8(12)6-18-5-7-4-9(15)14-2-3-19-11(14)13-7/h2-4,8H,5-6,12H2,1H3. The Bertz CT molecular complexity index is 637. The second-order valence-electron chi connectivity index (χ2n) is 3.79. The van der Waals surface area contributed by atoms with E-state index in [2.05, 4.69) is 9.72 Å². The number of carbonyl (C=O) groups is 1. The molecular formula is C11H13N3O3S2. The third-order valence-corrected chi connectivity index (χ3v) is 4.26. The number of nitrogens with two attached hydrogens (primary N) is 1. The molecule has 0 bridgehead atoms. The zero-order valence-electron chi connectivity index (χ0n) is 10.2. The highest BCUT2D eigenvalue weighted by atomic mass is 32.2. The second-order valence-corrected chi connectivity index (χ2v) is 5.69. The number of fused-ring (bicyclic) bond motifs is 1. The van der Waals surface area contributed by atoms with Gasteiger partial charge in [0.1, 0.15) is 6.04 Å². The first-order valence-corrected chi connectivity index (χ1v) is 7.52. The molecular weight excluding hydrogens is 286 g/mol. The number of aromatic nitrogens is 2. The largest absolute Gasteiger partial charge is 0.468 e. The van der Waals surface area contributed by atoms with Crippen LogP contribution in [0.1, 0.15) is 5.69 Å². The van der Waals surface area contributed by atoms with Gasteiger partial charge in [0.15, 0.2) is 4.96 Å². The summed E-state index contributed by atoms with van der Waals surface area (Å²) in [6, 6.07) is 0.845. The van der Waals surface area contributed by atoms with Crippen molar-refractivity contribution < 1.29 is 9.53 Å². The fourth-order valence-corrected chi connectivity index (χ4v) is 3.08. The minimum absolute atomic E-state index is 0.0980. The van der Waals surface area contributed by atoms with E-state index in [1.165, 1.54) is 40.7 Å². The summed E-state index contributed by atoms with van der Waals surface area (Å²) in [6.45, 7) is 0. The molecule has 0 radical (unpaired) electrons. The van der Waals surface area contributed by atoms with Crippen LogP contribution in [0.15, 0.2) is 22.4 Å². The lowest BCUT2D eigenvalue weighted by molar-refractivity contribution is -0.141. The Morgan fingerprint density at radius 1 is 1.68 bits per heavy atom. The fraction of sp³-hybridized carbons (Fsp3) is 0.364. The van der Waals surface area contributed by atoms with Gasteiger partial charge in [-0.25, -0.2) is 4.98 Å². The molecule has 8 heteroatoms. The van der Waals surface area contributed by atoms with Gasteiger partial charge in [-0.15, -0.1) is 11.3 Å². The number of esters is 1. The van der Waals surface area contributed by atoms with Crippen LogP contribution in [0.3, 0.4) is 0 Å². The quantitative estimate of drug-likeness (QED) is 0.809. The summed E-state index contributed by atoms with van der Waals surface area (Å²) in [7, 11) is 1.31. The number of hydrogen-bond donors (Lipinski definition) is 1. The van der Waals surface area contributed by atoms with E-state index < -0.39 is 12.0 Å². The molecule has 2 aromatic heterocycles. The molecule has 2 rings (SSSR count). The Labute approximate surface area is 117 Å². The molecule has 0 aliphatic rings. The van der Waals surface area contributed by atoms with E-state index in [1.807, 2.05) is 5.38 Å². The first-order chi connectivity index (χ1) is 9.11. The van der Waals surface area contributed by atoms with Gasteiger partial charge in [-0.05, 0) is 0 Å². The molecule has 2 heterocycles. The van der Waals surface area contributed by atoms with Crippen molar-refractivity contribution in [2.24, 2.45) is 5.73 Å². The van der Waals surface area contributed by atoms with Crippen molar-refractivity contribution in [3.8, 4) is 0 Å². The number of hydrogen-bond acceptors (Lipinski definition) is 7. The SMILES string of the molecule is COC(=O)C(N)CSCc1cc(=O)n2ccsc2n1. The molecule has 0 fully saturated rings. The Kier molecular flexibility index (Phi) is 4.56. The molecule has 0 aliphatic heterocycles. The van der Waals surface area contributed by atoms with Crippen molar-refractivity contribution in [2.75, 3.05) is 12.9 Å². The molecule has 1 unspecified atom stereocenters. The third-order valence-electron chi connectivity index (χ3n) is 2.41. The molecule has 6 nitrogen and oxygen atoms in total. The van der Waals surface area contributed by atoms with Crippen molar-refractivity contribution >= 4 is 34.0 Å². The summed E-state index contributed by atoms with van der Waals surface area (Å²) in [5, 5.41) is 1.81. The number of carbonyl (C=O) groups excluding carboxylic acids is 1. The van der Waals surface area contributed by atoms with Crippen molar-refractivity contribution in [1.82, 2.24) is 9.38 Å². The smallest absolute Gasteiger partial charge is 0.323 e. The van der Waals surface area contributed by atoms with Crippen LogP contribution >= 0.6 is 23.1 Å². The Morgan fingerprint density at radius 3 is 3.21 bits per heavy atom. The summed E-state index contributed by atoms with van der Waals surface area (Å²) in [5.74, 6) is 0.529. The Hall–Kier alpha value is -1.38. The van der Waals surface area contributed by atoms with Crippen LogP contribution in [0.4, 0.5) is 0 Å². The normalized spacial score (nSPS) is 12.5. The van der Waals surface area contributed by atoms with Crippen LogP contribution in [0.2, 0.25) is 0 Å². The summed E-state index contributed by atoms with van der Waals surface area (Å²) in [4.78, 5) is 27.9. The summed E-state index contributed by atoms with van der Waals surface area (Å²) in [6.07, 6.45) is 1.69. The van der Waals surface area contributed by atoms with Crippen LogP contribution in [-0.2, 0) is 15.3 Å². The first kappa shape index (κ1) is 14.0. The van der Waals surface area contributed by atoms with E-state index in [0.29, 0.717) is 22.2 Å². The van der Waals surface area contributed by atoms with Crippen molar-refractivity contribution in [2.45, 2.75) is 11.8 Å². The first-order valence-electron chi connectivity index (χ1n) is 5.48. The van der Waals surface area contributed by atoms with Gasteiger partial charge in [0.05, 0.1) is 12.8 Å². The van der Waals surface area contributed by atoms with Gasteiger partial charge in [0.25, 0.3) is 5.56 Å².